The highest BCUT2D eigenvalue weighted by Gasteiger charge is 2.62. The highest BCUT2D eigenvalue weighted by atomic mass is 19.1. The summed E-state index contributed by atoms with van der Waals surface area (Å²) in [7, 11) is 1.54. The molecule has 1 saturated carbocycles. The largest absolute Gasteiger partial charge is 0.468 e. The van der Waals surface area contributed by atoms with Crippen LogP contribution in [0, 0.1) is 24.1 Å². The van der Waals surface area contributed by atoms with Crippen molar-refractivity contribution in [3.05, 3.63) is 60.1 Å². The molecule has 4 aliphatic heterocycles. The van der Waals surface area contributed by atoms with Crippen LogP contribution in [0.3, 0.4) is 0 Å². The lowest BCUT2D eigenvalue weighted by Crippen LogP contribution is -2.57. The number of methoxy groups -OCH3 is 1. The summed E-state index contributed by atoms with van der Waals surface area (Å²) in [6.07, 6.45) is 12.1. The van der Waals surface area contributed by atoms with Crippen molar-refractivity contribution < 1.29 is 28.1 Å². The number of aromatic nitrogens is 3. The minimum Gasteiger partial charge on any atom is -0.468 e. The molecule has 1 unspecified atom stereocenters. The van der Waals surface area contributed by atoms with E-state index in [1.54, 1.807) is 19.4 Å². The number of fused-ring (bicyclic) bond motifs is 7. The first-order valence-corrected chi connectivity index (χ1v) is 18.8. The SMILES string of the molecule is C#Cc1cccc2cc(OCOC)cc(-c3ncc4c(N5C[C@H]6CC[C@@H](C5)N6C(=O)OC(C)(C)C)nc(OCC56CC(=C)CN5[C@@H]5C[C@@H]5C6)nc4c3F)c12. The number of amides is 1. The third-order valence-corrected chi connectivity index (χ3v) is 11.7. The Morgan fingerprint density at radius 1 is 1.15 bits per heavy atom. The molecule has 12 heteroatoms. The van der Waals surface area contributed by atoms with Gasteiger partial charge in [-0.25, -0.2) is 9.18 Å². The van der Waals surface area contributed by atoms with Crippen LogP contribution in [-0.4, -0.2) is 100 Å². The number of ether oxygens (including phenoxy) is 4. The standard InChI is InChI=1S/C42H45FN6O5/c1-7-25-9-8-10-26-13-30(53-23-51-6)15-31(34(25)26)36-35(43)37-32(18-44-36)38(47-20-28-11-12-29(21-47)49(28)40(50)54-41(3,4)5)46-39(45-37)52-22-42-16-24(2)19-48(42)33-14-27(33)17-42/h1,8-10,13,15,18,27-29,33H,2,11-12,14,16-17,19-23H2,3-6H3/t27-,28-,29+,33-,42?/m1/s1. The van der Waals surface area contributed by atoms with Gasteiger partial charge < -0.3 is 23.8 Å². The molecule has 1 aliphatic carbocycles. The van der Waals surface area contributed by atoms with Crippen molar-refractivity contribution in [3.8, 4) is 35.4 Å². The van der Waals surface area contributed by atoms with Gasteiger partial charge in [0, 0.05) is 55.5 Å². The Balaban J connectivity index is 1.14. The molecule has 1 amide bonds. The molecule has 4 aromatic rings. The summed E-state index contributed by atoms with van der Waals surface area (Å²) in [5.41, 5.74) is 1.70. The summed E-state index contributed by atoms with van der Waals surface area (Å²) in [5.74, 6) is 3.83. The van der Waals surface area contributed by atoms with Crippen LogP contribution < -0.4 is 14.4 Å². The number of piperidine rings is 1. The van der Waals surface area contributed by atoms with E-state index in [2.05, 4.69) is 22.3 Å². The molecule has 2 aromatic carbocycles. The molecule has 5 atom stereocenters. The monoisotopic (exact) mass is 732 g/mol. The van der Waals surface area contributed by atoms with E-state index >= 15 is 4.39 Å². The van der Waals surface area contributed by atoms with E-state index in [4.69, 9.17) is 40.3 Å². The van der Waals surface area contributed by atoms with Crippen molar-refractivity contribution in [1.82, 2.24) is 24.8 Å². The van der Waals surface area contributed by atoms with Gasteiger partial charge in [0.25, 0.3) is 0 Å². The summed E-state index contributed by atoms with van der Waals surface area (Å²) in [6.45, 7) is 12.2. The predicted molar refractivity (Wildman–Crippen MR) is 203 cm³/mol. The third-order valence-electron chi connectivity index (χ3n) is 11.7. The Kier molecular flexibility index (Phi) is 8.24. The smallest absolute Gasteiger partial charge is 0.410 e. The van der Waals surface area contributed by atoms with Crippen molar-refractivity contribution in [1.29, 1.82) is 0 Å². The Morgan fingerprint density at radius 3 is 2.69 bits per heavy atom. The lowest BCUT2D eigenvalue weighted by Gasteiger charge is -2.42. The van der Waals surface area contributed by atoms with Gasteiger partial charge in [-0.2, -0.15) is 9.97 Å². The van der Waals surface area contributed by atoms with Gasteiger partial charge in [0.2, 0.25) is 0 Å². The van der Waals surface area contributed by atoms with Crippen LogP contribution in [0.15, 0.2) is 48.7 Å². The second-order valence-corrected chi connectivity index (χ2v) is 16.6. The summed E-state index contributed by atoms with van der Waals surface area (Å²) in [5, 5.41) is 1.91. The molecule has 0 spiro atoms. The van der Waals surface area contributed by atoms with Crippen LogP contribution in [0.25, 0.3) is 32.9 Å². The molecule has 5 aliphatic rings. The van der Waals surface area contributed by atoms with E-state index in [1.807, 2.05) is 49.9 Å². The molecule has 9 rings (SSSR count). The van der Waals surface area contributed by atoms with Crippen LogP contribution in [-0.2, 0) is 9.47 Å². The Hall–Kier alpha value is -4.99. The fourth-order valence-corrected chi connectivity index (χ4v) is 9.52. The maximum Gasteiger partial charge on any atom is 0.410 e. The van der Waals surface area contributed by atoms with E-state index in [1.165, 1.54) is 12.0 Å². The molecular weight excluding hydrogens is 687 g/mol. The van der Waals surface area contributed by atoms with Crippen LogP contribution in [0.5, 0.6) is 11.8 Å². The lowest BCUT2D eigenvalue weighted by atomic mass is 9.92. The van der Waals surface area contributed by atoms with Crippen LogP contribution in [0.4, 0.5) is 15.0 Å². The number of piperazine rings is 1. The number of nitrogens with zero attached hydrogens (tertiary/aromatic N) is 6. The first kappa shape index (κ1) is 34.8. The van der Waals surface area contributed by atoms with Crippen LogP contribution in [0.1, 0.15) is 58.4 Å². The first-order valence-electron chi connectivity index (χ1n) is 18.8. The number of hydrogen-bond donors (Lipinski definition) is 0. The number of carbonyl (C=O) groups is 1. The van der Waals surface area contributed by atoms with Gasteiger partial charge in [0.1, 0.15) is 35.0 Å². The van der Waals surface area contributed by atoms with Crippen molar-refractivity contribution in [3.63, 3.8) is 0 Å². The quantitative estimate of drug-likeness (QED) is 0.110. The number of benzene rings is 2. The highest BCUT2D eigenvalue weighted by Crippen LogP contribution is 2.57. The van der Waals surface area contributed by atoms with E-state index in [-0.39, 0.29) is 47.7 Å². The Labute approximate surface area is 314 Å². The van der Waals surface area contributed by atoms with Gasteiger partial charge in [0.05, 0.1) is 23.0 Å². The van der Waals surface area contributed by atoms with Crippen molar-refractivity contribution in [2.24, 2.45) is 5.92 Å². The van der Waals surface area contributed by atoms with Gasteiger partial charge in [0.15, 0.2) is 12.6 Å². The molecule has 54 heavy (non-hydrogen) atoms. The molecule has 11 nitrogen and oxygen atoms in total. The van der Waals surface area contributed by atoms with Gasteiger partial charge in [-0.15, -0.1) is 6.42 Å². The fraction of sp³-hybridized carbons (Fsp3) is 0.476. The molecule has 2 bridgehead atoms. The Morgan fingerprint density at radius 2 is 1.94 bits per heavy atom. The fourth-order valence-electron chi connectivity index (χ4n) is 9.52. The minimum absolute atomic E-state index is 0.0155. The molecule has 280 valence electrons. The number of hydrogen-bond acceptors (Lipinski definition) is 10. The summed E-state index contributed by atoms with van der Waals surface area (Å²) in [4.78, 5) is 34.4. The summed E-state index contributed by atoms with van der Waals surface area (Å²) >= 11 is 0. The van der Waals surface area contributed by atoms with Gasteiger partial charge in [-0.3, -0.25) is 14.8 Å². The molecular formula is C42H45FN6O5. The minimum atomic E-state index is -0.621. The van der Waals surface area contributed by atoms with Gasteiger partial charge >= 0.3 is 12.1 Å². The zero-order valence-corrected chi connectivity index (χ0v) is 31.2. The average Bonchev–Trinajstić information content (AvgIpc) is 3.60. The van der Waals surface area contributed by atoms with Crippen molar-refractivity contribution in [2.45, 2.75) is 82.1 Å². The number of anilines is 1. The van der Waals surface area contributed by atoms with Gasteiger partial charge in [-0.05, 0) is 82.4 Å². The lowest BCUT2D eigenvalue weighted by molar-refractivity contribution is 0.0122. The number of halogens is 1. The summed E-state index contributed by atoms with van der Waals surface area (Å²) in [6, 6.07) is 9.68. The highest BCUT2D eigenvalue weighted by molar-refractivity contribution is 6.03. The molecule has 5 fully saturated rings. The maximum atomic E-state index is 17.4. The number of pyridine rings is 1. The molecule has 6 heterocycles. The van der Waals surface area contributed by atoms with Crippen molar-refractivity contribution in [2.75, 3.05) is 45.0 Å². The Bertz CT molecular complexity index is 2240. The predicted octanol–water partition coefficient (Wildman–Crippen LogP) is 6.71. The zero-order chi connectivity index (χ0) is 37.5. The average molecular weight is 733 g/mol. The van der Waals surface area contributed by atoms with Crippen molar-refractivity contribution >= 4 is 33.6 Å². The summed E-state index contributed by atoms with van der Waals surface area (Å²) < 4.78 is 40.7. The topological polar surface area (TPSA) is 102 Å². The molecule has 2 aromatic heterocycles. The zero-order valence-electron chi connectivity index (χ0n) is 31.2. The van der Waals surface area contributed by atoms with E-state index in [0.29, 0.717) is 65.1 Å². The van der Waals surface area contributed by atoms with E-state index in [0.717, 1.165) is 37.6 Å². The molecule has 4 saturated heterocycles. The van der Waals surface area contributed by atoms with E-state index in [9.17, 15) is 4.79 Å². The number of rotatable bonds is 8. The maximum absolute atomic E-state index is 17.4. The van der Waals surface area contributed by atoms with Crippen LogP contribution >= 0.6 is 0 Å². The normalized spacial score (nSPS) is 25.9. The second kappa shape index (κ2) is 12.8. The molecule has 0 radical (unpaired) electrons. The van der Waals surface area contributed by atoms with Crippen LogP contribution in [0.2, 0.25) is 0 Å². The molecule has 0 N–H and O–H groups in total. The van der Waals surface area contributed by atoms with Gasteiger partial charge in [-0.1, -0.05) is 30.2 Å². The third kappa shape index (κ3) is 5.89. The second-order valence-electron chi connectivity index (χ2n) is 16.6. The number of carbonyl (C=O) groups excluding carboxylic acids is 1. The number of terminal acetylenes is 1. The first-order chi connectivity index (χ1) is 25.9. The van der Waals surface area contributed by atoms with E-state index < -0.39 is 11.4 Å².